The molecule has 0 aliphatic heterocycles. The minimum atomic E-state index is 0.758. The molecule has 1 rings (SSSR count). The van der Waals surface area contributed by atoms with Crippen molar-refractivity contribution in [2.75, 3.05) is 17.8 Å². The minimum Gasteiger partial charge on any atom is -0.298 e. The molecule has 1 aromatic carbocycles. The smallest absolute Gasteiger partial charge is 0.150 e. The third kappa shape index (κ3) is 3.87. The standard InChI is InChI=1S/C10H12OS2/c1-12-5-6-13-10-4-2-3-9(7-10)8-11/h2-4,7-8H,5-6H2,1H3. The van der Waals surface area contributed by atoms with E-state index < -0.39 is 0 Å². The first-order chi connectivity index (χ1) is 6.36. The van der Waals surface area contributed by atoms with Gasteiger partial charge in [0.1, 0.15) is 6.29 Å². The molecule has 0 saturated heterocycles. The summed E-state index contributed by atoms with van der Waals surface area (Å²) in [6.45, 7) is 0. The van der Waals surface area contributed by atoms with E-state index in [0.717, 1.165) is 23.4 Å². The second kappa shape index (κ2) is 6.11. The van der Waals surface area contributed by atoms with Gasteiger partial charge in [-0.1, -0.05) is 12.1 Å². The number of hydrogen-bond donors (Lipinski definition) is 0. The van der Waals surface area contributed by atoms with Crippen LogP contribution in [0.5, 0.6) is 0 Å². The van der Waals surface area contributed by atoms with Crippen molar-refractivity contribution in [3.63, 3.8) is 0 Å². The predicted octanol–water partition coefficient (Wildman–Crippen LogP) is 2.95. The maximum Gasteiger partial charge on any atom is 0.150 e. The molecule has 0 fully saturated rings. The molecule has 0 saturated carbocycles. The van der Waals surface area contributed by atoms with E-state index in [0.29, 0.717) is 0 Å². The highest BCUT2D eigenvalue weighted by atomic mass is 32.2. The highest BCUT2D eigenvalue weighted by molar-refractivity contribution is 8.02. The van der Waals surface area contributed by atoms with Gasteiger partial charge in [-0.05, 0) is 18.4 Å². The Labute approximate surface area is 87.3 Å². The molecule has 13 heavy (non-hydrogen) atoms. The van der Waals surface area contributed by atoms with Gasteiger partial charge in [-0.2, -0.15) is 11.8 Å². The molecule has 70 valence electrons. The highest BCUT2D eigenvalue weighted by Gasteiger charge is 1.94. The normalized spacial score (nSPS) is 9.92. The summed E-state index contributed by atoms with van der Waals surface area (Å²) in [5.41, 5.74) is 0.758. The van der Waals surface area contributed by atoms with Crippen LogP contribution in [0.1, 0.15) is 10.4 Å². The largest absolute Gasteiger partial charge is 0.298 e. The van der Waals surface area contributed by atoms with Crippen molar-refractivity contribution in [2.45, 2.75) is 4.90 Å². The molecule has 0 unspecified atom stereocenters. The molecular formula is C10H12OS2. The van der Waals surface area contributed by atoms with Gasteiger partial charge in [0.25, 0.3) is 0 Å². The number of hydrogen-bond acceptors (Lipinski definition) is 3. The van der Waals surface area contributed by atoms with Crippen molar-refractivity contribution in [2.24, 2.45) is 0 Å². The predicted molar refractivity (Wildman–Crippen MR) is 60.9 cm³/mol. The second-order valence-electron chi connectivity index (χ2n) is 2.53. The zero-order chi connectivity index (χ0) is 9.52. The van der Waals surface area contributed by atoms with E-state index >= 15 is 0 Å². The Hall–Kier alpha value is -0.410. The van der Waals surface area contributed by atoms with E-state index in [1.165, 1.54) is 4.90 Å². The van der Waals surface area contributed by atoms with Gasteiger partial charge in [0.15, 0.2) is 0 Å². The quantitative estimate of drug-likeness (QED) is 0.424. The van der Waals surface area contributed by atoms with Crippen LogP contribution in [-0.4, -0.2) is 24.0 Å². The van der Waals surface area contributed by atoms with Crippen molar-refractivity contribution in [3.05, 3.63) is 29.8 Å². The van der Waals surface area contributed by atoms with Crippen LogP contribution in [0.25, 0.3) is 0 Å². The molecule has 0 aromatic heterocycles. The average molecular weight is 212 g/mol. The van der Waals surface area contributed by atoms with Gasteiger partial charge in [-0.25, -0.2) is 0 Å². The van der Waals surface area contributed by atoms with Crippen LogP contribution < -0.4 is 0 Å². The van der Waals surface area contributed by atoms with Crippen LogP contribution in [0.3, 0.4) is 0 Å². The first-order valence-electron chi connectivity index (χ1n) is 4.04. The summed E-state index contributed by atoms with van der Waals surface area (Å²) >= 11 is 3.64. The second-order valence-corrected chi connectivity index (χ2v) is 4.69. The molecule has 1 nitrogen and oxygen atoms in total. The molecule has 0 radical (unpaired) electrons. The molecule has 3 heteroatoms. The Morgan fingerprint density at radius 3 is 2.92 bits per heavy atom. The van der Waals surface area contributed by atoms with E-state index in [9.17, 15) is 4.79 Å². The fourth-order valence-corrected chi connectivity index (χ4v) is 2.55. The maximum absolute atomic E-state index is 10.5. The van der Waals surface area contributed by atoms with Crippen LogP contribution in [0.15, 0.2) is 29.2 Å². The van der Waals surface area contributed by atoms with Gasteiger partial charge in [0.05, 0.1) is 0 Å². The average Bonchev–Trinajstić information content (AvgIpc) is 2.19. The van der Waals surface area contributed by atoms with Gasteiger partial charge in [0, 0.05) is 22.0 Å². The molecule has 0 aliphatic rings. The van der Waals surface area contributed by atoms with E-state index in [1.54, 1.807) is 11.8 Å². The number of benzene rings is 1. The Bertz CT molecular complexity index is 273. The van der Waals surface area contributed by atoms with Gasteiger partial charge in [0.2, 0.25) is 0 Å². The third-order valence-electron chi connectivity index (χ3n) is 1.55. The SMILES string of the molecule is CSCCSc1cccc(C=O)c1. The van der Waals surface area contributed by atoms with Crippen LogP contribution in [0, 0.1) is 0 Å². The number of thioether (sulfide) groups is 2. The number of carbonyl (C=O) groups is 1. The fraction of sp³-hybridized carbons (Fsp3) is 0.300. The van der Waals surface area contributed by atoms with Crippen molar-refractivity contribution in [3.8, 4) is 0 Å². The summed E-state index contributed by atoms with van der Waals surface area (Å²) in [6, 6.07) is 7.72. The lowest BCUT2D eigenvalue weighted by Gasteiger charge is -2.00. The van der Waals surface area contributed by atoms with Crippen LogP contribution in [0.2, 0.25) is 0 Å². The third-order valence-corrected chi connectivity index (χ3v) is 3.42. The van der Waals surface area contributed by atoms with Crippen LogP contribution in [-0.2, 0) is 0 Å². The van der Waals surface area contributed by atoms with E-state index in [-0.39, 0.29) is 0 Å². The van der Waals surface area contributed by atoms with Crippen molar-refractivity contribution >= 4 is 29.8 Å². The Morgan fingerprint density at radius 2 is 2.23 bits per heavy atom. The molecule has 0 bridgehead atoms. The van der Waals surface area contributed by atoms with E-state index in [1.807, 2.05) is 36.0 Å². The summed E-state index contributed by atoms with van der Waals surface area (Å²) in [4.78, 5) is 11.7. The molecule has 0 atom stereocenters. The zero-order valence-electron chi connectivity index (χ0n) is 7.53. The topological polar surface area (TPSA) is 17.1 Å². The lowest BCUT2D eigenvalue weighted by Crippen LogP contribution is -1.84. The summed E-state index contributed by atoms with van der Waals surface area (Å²) in [6.07, 6.45) is 2.99. The zero-order valence-corrected chi connectivity index (χ0v) is 9.16. The van der Waals surface area contributed by atoms with Crippen molar-refractivity contribution in [1.82, 2.24) is 0 Å². The summed E-state index contributed by atoms with van der Waals surface area (Å²) in [5.74, 6) is 2.25. The summed E-state index contributed by atoms with van der Waals surface area (Å²) in [5, 5.41) is 0. The lowest BCUT2D eigenvalue weighted by atomic mass is 10.2. The molecule has 0 spiro atoms. The number of aldehydes is 1. The number of rotatable bonds is 5. The highest BCUT2D eigenvalue weighted by Crippen LogP contribution is 2.19. The summed E-state index contributed by atoms with van der Waals surface area (Å²) < 4.78 is 0. The Balaban J connectivity index is 2.51. The van der Waals surface area contributed by atoms with Crippen LogP contribution in [0.4, 0.5) is 0 Å². The first kappa shape index (κ1) is 10.7. The minimum absolute atomic E-state index is 0.758. The van der Waals surface area contributed by atoms with E-state index in [4.69, 9.17) is 0 Å². The van der Waals surface area contributed by atoms with Crippen molar-refractivity contribution < 1.29 is 4.79 Å². The monoisotopic (exact) mass is 212 g/mol. The number of carbonyl (C=O) groups excluding carboxylic acids is 1. The Morgan fingerprint density at radius 1 is 1.38 bits per heavy atom. The van der Waals surface area contributed by atoms with E-state index in [2.05, 4.69) is 6.26 Å². The molecule has 1 aromatic rings. The van der Waals surface area contributed by atoms with Gasteiger partial charge < -0.3 is 0 Å². The van der Waals surface area contributed by atoms with Crippen molar-refractivity contribution in [1.29, 1.82) is 0 Å². The lowest BCUT2D eigenvalue weighted by molar-refractivity contribution is 0.112. The maximum atomic E-state index is 10.5. The molecule has 0 aliphatic carbocycles. The Kier molecular flexibility index (Phi) is 5.01. The first-order valence-corrected chi connectivity index (χ1v) is 6.41. The fourth-order valence-electron chi connectivity index (χ4n) is 0.920. The van der Waals surface area contributed by atoms with Gasteiger partial charge in [-0.15, -0.1) is 11.8 Å². The van der Waals surface area contributed by atoms with Gasteiger partial charge in [-0.3, -0.25) is 4.79 Å². The molecule has 0 heterocycles. The molecule has 0 N–H and O–H groups in total. The molecule has 0 amide bonds. The molecular weight excluding hydrogens is 200 g/mol. The van der Waals surface area contributed by atoms with Gasteiger partial charge >= 0.3 is 0 Å². The van der Waals surface area contributed by atoms with Crippen LogP contribution >= 0.6 is 23.5 Å². The summed E-state index contributed by atoms with van der Waals surface area (Å²) in [7, 11) is 0.